The Balaban J connectivity index is 1.41. The van der Waals surface area contributed by atoms with Gasteiger partial charge in [-0.2, -0.15) is 5.06 Å². The average Bonchev–Trinajstić information content (AvgIpc) is 2.89. The summed E-state index contributed by atoms with van der Waals surface area (Å²) in [7, 11) is 0. The van der Waals surface area contributed by atoms with Crippen LogP contribution in [0.2, 0.25) is 0 Å². The van der Waals surface area contributed by atoms with Crippen LogP contribution in [0.5, 0.6) is 0 Å². The minimum atomic E-state index is 0.0226. The molecule has 2 heterocycles. The molecule has 0 aliphatic carbocycles. The molecule has 0 spiro atoms. The van der Waals surface area contributed by atoms with Crippen LogP contribution in [0.25, 0.3) is 0 Å². The maximum atomic E-state index is 12.7. The maximum absolute atomic E-state index is 12.7. The van der Waals surface area contributed by atoms with Crippen molar-refractivity contribution in [3.05, 3.63) is 71.8 Å². The molecule has 2 bridgehead atoms. The van der Waals surface area contributed by atoms with Crippen LogP contribution in [0.3, 0.4) is 0 Å². The number of carbonyl (C=O) groups excluding carboxylic acids is 1. The zero-order chi connectivity index (χ0) is 16.4. The van der Waals surface area contributed by atoms with Gasteiger partial charge in [-0.05, 0) is 30.4 Å². The molecule has 2 saturated heterocycles. The van der Waals surface area contributed by atoms with Gasteiger partial charge < -0.3 is 4.90 Å². The van der Waals surface area contributed by atoms with Gasteiger partial charge in [-0.25, -0.2) is 4.79 Å². The lowest BCUT2D eigenvalue weighted by molar-refractivity contribution is -0.140. The lowest BCUT2D eigenvalue weighted by Gasteiger charge is -2.30. The first kappa shape index (κ1) is 15.2. The van der Waals surface area contributed by atoms with E-state index in [2.05, 4.69) is 24.3 Å². The summed E-state index contributed by atoms with van der Waals surface area (Å²) in [5, 5.41) is 1.61. The Morgan fingerprint density at radius 1 is 0.917 bits per heavy atom. The van der Waals surface area contributed by atoms with E-state index in [-0.39, 0.29) is 18.1 Å². The Morgan fingerprint density at radius 3 is 2.29 bits per heavy atom. The number of urea groups is 1. The summed E-state index contributed by atoms with van der Waals surface area (Å²) < 4.78 is 0. The Morgan fingerprint density at radius 2 is 1.58 bits per heavy atom. The smallest absolute Gasteiger partial charge is 0.317 e. The molecule has 4 heteroatoms. The van der Waals surface area contributed by atoms with Crippen LogP contribution in [0.4, 0.5) is 4.79 Å². The molecule has 2 amide bonds. The summed E-state index contributed by atoms with van der Waals surface area (Å²) in [5.74, 6) is 0. The molecule has 4 rings (SSSR count). The van der Waals surface area contributed by atoms with E-state index in [1.54, 1.807) is 5.06 Å². The third kappa shape index (κ3) is 3.02. The van der Waals surface area contributed by atoms with Crippen molar-refractivity contribution in [2.24, 2.45) is 0 Å². The van der Waals surface area contributed by atoms with E-state index < -0.39 is 0 Å². The molecule has 2 aliphatic heterocycles. The molecule has 2 aromatic rings. The quantitative estimate of drug-likeness (QED) is 0.842. The fourth-order valence-corrected chi connectivity index (χ4v) is 3.69. The highest BCUT2D eigenvalue weighted by Crippen LogP contribution is 2.31. The Labute approximate surface area is 142 Å². The molecule has 0 unspecified atom stereocenters. The van der Waals surface area contributed by atoms with Crippen molar-refractivity contribution < 1.29 is 9.63 Å². The highest BCUT2D eigenvalue weighted by molar-refractivity contribution is 5.77. The minimum Gasteiger partial charge on any atom is -0.317 e. The Kier molecular flexibility index (Phi) is 4.22. The highest BCUT2D eigenvalue weighted by atomic mass is 16.7. The van der Waals surface area contributed by atoms with E-state index in [9.17, 15) is 4.79 Å². The van der Waals surface area contributed by atoms with Crippen LogP contribution in [0.15, 0.2) is 60.7 Å². The van der Waals surface area contributed by atoms with Gasteiger partial charge in [0.2, 0.25) is 0 Å². The number of rotatable bonds is 5. The predicted octanol–water partition coefficient (Wildman–Crippen LogP) is 3.63. The zero-order valence-electron chi connectivity index (χ0n) is 13.7. The van der Waals surface area contributed by atoms with E-state index in [1.807, 2.05) is 41.3 Å². The van der Waals surface area contributed by atoms with Gasteiger partial charge in [0.1, 0.15) is 6.61 Å². The largest absolute Gasteiger partial charge is 0.344 e. The van der Waals surface area contributed by atoms with Crippen molar-refractivity contribution in [1.82, 2.24) is 9.96 Å². The molecular formula is C20H22N2O2. The second kappa shape index (κ2) is 6.65. The van der Waals surface area contributed by atoms with Crippen LogP contribution >= 0.6 is 0 Å². The van der Waals surface area contributed by atoms with E-state index in [4.69, 9.17) is 4.84 Å². The van der Waals surface area contributed by atoms with Gasteiger partial charge in [0, 0.05) is 12.6 Å². The van der Waals surface area contributed by atoms with Crippen molar-refractivity contribution >= 4 is 6.03 Å². The summed E-state index contributed by atoms with van der Waals surface area (Å²) in [5.41, 5.74) is 2.37. The van der Waals surface area contributed by atoms with Crippen LogP contribution < -0.4 is 0 Å². The van der Waals surface area contributed by atoms with Gasteiger partial charge in [0.25, 0.3) is 0 Å². The number of hydrogen-bond acceptors (Lipinski definition) is 2. The van der Waals surface area contributed by atoms with E-state index in [0.717, 1.165) is 31.4 Å². The first-order chi connectivity index (χ1) is 11.8. The number of nitrogens with zero attached hydrogens (tertiary/aromatic N) is 2. The second-order valence-corrected chi connectivity index (χ2v) is 6.59. The number of carbonyl (C=O) groups is 1. The van der Waals surface area contributed by atoms with Crippen LogP contribution in [-0.4, -0.2) is 34.6 Å². The van der Waals surface area contributed by atoms with Gasteiger partial charge >= 0.3 is 6.03 Å². The molecule has 2 aliphatic rings. The maximum Gasteiger partial charge on any atom is 0.344 e. The number of benzene rings is 2. The number of piperidine rings is 1. The molecular weight excluding hydrogens is 300 g/mol. The molecule has 124 valence electrons. The first-order valence-corrected chi connectivity index (χ1v) is 8.62. The standard InChI is InChI=1S/C20H22N2O2/c23-20-21-14-19(22(20)24-15-17-9-5-2-6-10-17)12-11-18(21)13-16-7-3-1-4-8-16/h1-10,18-19H,11-15H2/t18-,19+/m0/s1. The number of hydrogen-bond donors (Lipinski definition) is 0. The Hall–Kier alpha value is -2.33. The van der Waals surface area contributed by atoms with Crippen LogP contribution in [0, 0.1) is 0 Å². The monoisotopic (exact) mass is 322 g/mol. The Bertz CT molecular complexity index is 685. The zero-order valence-corrected chi connectivity index (χ0v) is 13.7. The van der Waals surface area contributed by atoms with Gasteiger partial charge in [0.15, 0.2) is 0 Å². The lowest BCUT2D eigenvalue weighted by Crippen LogP contribution is -2.41. The van der Waals surface area contributed by atoms with E-state index in [1.165, 1.54) is 5.56 Å². The first-order valence-electron chi connectivity index (χ1n) is 8.62. The normalized spacial score (nSPS) is 22.9. The highest BCUT2D eigenvalue weighted by Gasteiger charge is 2.45. The molecule has 0 saturated carbocycles. The third-order valence-corrected chi connectivity index (χ3v) is 4.97. The van der Waals surface area contributed by atoms with Crippen molar-refractivity contribution in [3.63, 3.8) is 0 Å². The molecule has 2 aromatic carbocycles. The predicted molar refractivity (Wildman–Crippen MR) is 92.1 cm³/mol. The number of amides is 2. The molecule has 0 aromatic heterocycles. The summed E-state index contributed by atoms with van der Waals surface area (Å²) in [6.07, 6.45) is 2.97. The average molecular weight is 322 g/mol. The topological polar surface area (TPSA) is 32.8 Å². The van der Waals surface area contributed by atoms with Gasteiger partial charge in [-0.3, -0.25) is 4.84 Å². The van der Waals surface area contributed by atoms with Gasteiger partial charge in [-0.15, -0.1) is 0 Å². The summed E-state index contributed by atoms with van der Waals surface area (Å²) in [6.45, 7) is 1.23. The molecule has 4 nitrogen and oxygen atoms in total. The molecule has 24 heavy (non-hydrogen) atoms. The van der Waals surface area contributed by atoms with Crippen molar-refractivity contribution in [3.8, 4) is 0 Å². The van der Waals surface area contributed by atoms with Crippen molar-refractivity contribution in [1.29, 1.82) is 0 Å². The fraction of sp³-hybridized carbons (Fsp3) is 0.350. The van der Waals surface area contributed by atoms with Crippen LogP contribution in [0.1, 0.15) is 24.0 Å². The van der Waals surface area contributed by atoms with Crippen LogP contribution in [-0.2, 0) is 17.9 Å². The number of hydroxylamine groups is 2. The summed E-state index contributed by atoms with van der Waals surface area (Å²) in [6, 6.07) is 20.9. The van der Waals surface area contributed by atoms with Gasteiger partial charge in [-0.1, -0.05) is 60.7 Å². The summed E-state index contributed by atoms with van der Waals surface area (Å²) >= 11 is 0. The van der Waals surface area contributed by atoms with Gasteiger partial charge in [0.05, 0.1) is 6.04 Å². The number of fused-ring (bicyclic) bond motifs is 2. The SMILES string of the molecule is O=C1N2C[C@@H](CC[C@H]2Cc2ccccc2)N1OCc1ccccc1. The molecule has 0 N–H and O–H groups in total. The van der Waals surface area contributed by atoms with E-state index >= 15 is 0 Å². The lowest BCUT2D eigenvalue weighted by atomic mass is 9.95. The summed E-state index contributed by atoms with van der Waals surface area (Å²) in [4.78, 5) is 20.6. The second-order valence-electron chi connectivity index (χ2n) is 6.59. The fourth-order valence-electron chi connectivity index (χ4n) is 3.69. The molecule has 2 fully saturated rings. The van der Waals surface area contributed by atoms with Crippen molar-refractivity contribution in [2.75, 3.05) is 6.54 Å². The molecule has 2 atom stereocenters. The van der Waals surface area contributed by atoms with E-state index in [0.29, 0.717) is 6.61 Å². The minimum absolute atomic E-state index is 0.0226. The molecule has 0 radical (unpaired) electrons. The third-order valence-electron chi connectivity index (χ3n) is 4.97. The van der Waals surface area contributed by atoms with Crippen molar-refractivity contribution in [2.45, 2.75) is 38.0 Å².